The molecule has 1 aromatic carbocycles. The summed E-state index contributed by atoms with van der Waals surface area (Å²) in [5, 5.41) is 3.13. The minimum Gasteiger partial charge on any atom is -0.365 e. The van der Waals surface area contributed by atoms with Crippen LogP contribution in [0.15, 0.2) is 52.4 Å². The van der Waals surface area contributed by atoms with Crippen LogP contribution in [0.1, 0.15) is 20.8 Å². The van der Waals surface area contributed by atoms with E-state index >= 15 is 0 Å². The van der Waals surface area contributed by atoms with Gasteiger partial charge in [-0.05, 0) is 32.9 Å². The third kappa shape index (κ3) is 4.36. The van der Waals surface area contributed by atoms with Crippen molar-refractivity contribution < 1.29 is 0 Å². The Morgan fingerprint density at radius 3 is 2.62 bits per heavy atom. The highest BCUT2D eigenvalue weighted by Crippen LogP contribution is 2.16. The minimum absolute atomic E-state index is 0.0743. The number of anilines is 1. The molecule has 0 aliphatic rings. The second-order valence-corrected chi connectivity index (χ2v) is 6.88. The summed E-state index contributed by atoms with van der Waals surface area (Å²) < 4.78 is 1.70. The Balaban J connectivity index is 1.94. The number of nitrogens with zero attached hydrogens (tertiary/aromatic N) is 2. The van der Waals surface area contributed by atoms with Gasteiger partial charge < -0.3 is 9.88 Å². The van der Waals surface area contributed by atoms with Gasteiger partial charge in [-0.15, -0.1) is 11.8 Å². The lowest BCUT2D eigenvalue weighted by Crippen LogP contribution is -2.35. The van der Waals surface area contributed by atoms with Gasteiger partial charge in [-0.1, -0.05) is 18.2 Å². The lowest BCUT2D eigenvalue weighted by atomic mass is 10.1. The van der Waals surface area contributed by atoms with Gasteiger partial charge in [-0.3, -0.25) is 4.79 Å². The Kier molecular flexibility index (Phi) is 5.07. The SMILES string of the molecule is CC(C)(C)n1ccnc(NCCSc2ccccc2)c1=O. The monoisotopic (exact) mass is 303 g/mol. The fraction of sp³-hybridized carbons (Fsp3) is 0.375. The average Bonchev–Trinajstić information content (AvgIpc) is 2.45. The molecule has 1 heterocycles. The van der Waals surface area contributed by atoms with Crippen LogP contribution in [0.25, 0.3) is 0 Å². The van der Waals surface area contributed by atoms with Gasteiger partial charge >= 0.3 is 0 Å². The van der Waals surface area contributed by atoms with Gasteiger partial charge in [0, 0.05) is 35.1 Å². The fourth-order valence-corrected chi connectivity index (χ4v) is 2.71. The standard InChI is InChI=1S/C16H21N3OS/c1-16(2,3)19-11-9-17-14(15(19)20)18-10-12-21-13-7-5-4-6-8-13/h4-9,11H,10,12H2,1-3H3,(H,17,18). The van der Waals surface area contributed by atoms with Crippen molar-refractivity contribution in [1.82, 2.24) is 9.55 Å². The van der Waals surface area contributed by atoms with Crippen LogP contribution >= 0.6 is 11.8 Å². The molecule has 2 aromatic rings. The van der Waals surface area contributed by atoms with Crippen LogP contribution in [0.2, 0.25) is 0 Å². The lowest BCUT2D eigenvalue weighted by molar-refractivity contribution is 0.383. The number of benzene rings is 1. The molecule has 4 nitrogen and oxygen atoms in total. The predicted octanol–water partition coefficient (Wildman–Crippen LogP) is 3.20. The largest absolute Gasteiger partial charge is 0.365 e. The molecule has 1 aromatic heterocycles. The van der Waals surface area contributed by atoms with E-state index in [1.807, 2.05) is 39.0 Å². The van der Waals surface area contributed by atoms with Crippen molar-refractivity contribution in [3.05, 3.63) is 53.1 Å². The highest BCUT2D eigenvalue weighted by Gasteiger charge is 2.16. The molecule has 0 aliphatic heterocycles. The lowest BCUT2D eigenvalue weighted by Gasteiger charge is -2.22. The summed E-state index contributed by atoms with van der Waals surface area (Å²) in [4.78, 5) is 17.7. The molecule has 0 bridgehead atoms. The summed E-state index contributed by atoms with van der Waals surface area (Å²) in [7, 11) is 0. The quantitative estimate of drug-likeness (QED) is 0.680. The van der Waals surface area contributed by atoms with E-state index in [4.69, 9.17) is 0 Å². The summed E-state index contributed by atoms with van der Waals surface area (Å²) in [5.41, 5.74) is -0.315. The minimum atomic E-state index is -0.241. The molecule has 0 fully saturated rings. The molecule has 1 N–H and O–H groups in total. The molecule has 0 atom stereocenters. The first-order valence-electron chi connectivity index (χ1n) is 6.98. The highest BCUT2D eigenvalue weighted by molar-refractivity contribution is 7.99. The summed E-state index contributed by atoms with van der Waals surface area (Å²) in [6.45, 7) is 6.71. The van der Waals surface area contributed by atoms with Gasteiger partial charge in [0.05, 0.1) is 0 Å². The van der Waals surface area contributed by atoms with E-state index in [2.05, 4.69) is 22.4 Å². The van der Waals surface area contributed by atoms with E-state index in [9.17, 15) is 4.79 Å². The average molecular weight is 303 g/mol. The summed E-state index contributed by atoms with van der Waals surface area (Å²) in [6.07, 6.45) is 3.39. The smallest absolute Gasteiger partial charge is 0.293 e. The van der Waals surface area contributed by atoms with Crippen LogP contribution in [-0.4, -0.2) is 21.8 Å². The highest BCUT2D eigenvalue weighted by atomic mass is 32.2. The second kappa shape index (κ2) is 6.80. The molecular formula is C16H21N3OS. The van der Waals surface area contributed by atoms with Crippen molar-refractivity contribution >= 4 is 17.6 Å². The van der Waals surface area contributed by atoms with E-state index in [0.29, 0.717) is 12.4 Å². The molecule has 0 unspecified atom stereocenters. The number of nitrogens with one attached hydrogen (secondary N) is 1. The zero-order valence-corrected chi connectivity index (χ0v) is 13.5. The Morgan fingerprint density at radius 2 is 1.95 bits per heavy atom. The first kappa shape index (κ1) is 15.6. The fourth-order valence-electron chi connectivity index (χ4n) is 1.92. The van der Waals surface area contributed by atoms with E-state index < -0.39 is 0 Å². The van der Waals surface area contributed by atoms with Crippen molar-refractivity contribution in [3.8, 4) is 0 Å². The summed E-state index contributed by atoms with van der Waals surface area (Å²) >= 11 is 1.76. The van der Waals surface area contributed by atoms with Crippen LogP contribution < -0.4 is 10.9 Å². The molecule has 0 spiro atoms. The second-order valence-electron chi connectivity index (χ2n) is 5.71. The molecule has 0 aliphatic carbocycles. The summed E-state index contributed by atoms with van der Waals surface area (Å²) in [6, 6.07) is 10.2. The van der Waals surface area contributed by atoms with Crippen molar-refractivity contribution in [2.24, 2.45) is 0 Å². The van der Waals surface area contributed by atoms with E-state index in [0.717, 1.165) is 5.75 Å². The van der Waals surface area contributed by atoms with Crippen LogP contribution in [0.4, 0.5) is 5.82 Å². The molecule has 0 amide bonds. The first-order chi connectivity index (χ1) is 9.98. The Labute approximate surface area is 129 Å². The first-order valence-corrected chi connectivity index (χ1v) is 7.97. The molecule has 0 saturated heterocycles. The molecule has 5 heteroatoms. The van der Waals surface area contributed by atoms with Gasteiger partial charge in [-0.2, -0.15) is 0 Å². The maximum absolute atomic E-state index is 12.3. The van der Waals surface area contributed by atoms with Crippen LogP contribution in [0, 0.1) is 0 Å². The number of rotatable bonds is 5. The Morgan fingerprint density at radius 1 is 1.24 bits per heavy atom. The maximum Gasteiger partial charge on any atom is 0.293 e. The zero-order valence-electron chi connectivity index (χ0n) is 12.7. The van der Waals surface area contributed by atoms with E-state index in [1.165, 1.54) is 4.90 Å². The zero-order chi connectivity index (χ0) is 15.3. The van der Waals surface area contributed by atoms with Gasteiger partial charge in [-0.25, -0.2) is 4.98 Å². The van der Waals surface area contributed by atoms with Crippen molar-refractivity contribution in [1.29, 1.82) is 0 Å². The molecule has 0 saturated carbocycles. The van der Waals surface area contributed by atoms with Crippen molar-refractivity contribution in [3.63, 3.8) is 0 Å². The maximum atomic E-state index is 12.3. The van der Waals surface area contributed by atoms with Crippen LogP contribution in [0.5, 0.6) is 0 Å². The number of thioether (sulfide) groups is 1. The summed E-state index contributed by atoms with van der Waals surface area (Å²) in [5.74, 6) is 1.30. The Hall–Kier alpha value is -1.75. The van der Waals surface area contributed by atoms with Crippen molar-refractivity contribution in [2.75, 3.05) is 17.6 Å². The van der Waals surface area contributed by atoms with Gasteiger partial charge in [0.2, 0.25) is 0 Å². The molecule has 2 rings (SSSR count). The van der Waals surface area contributed by atoms with Crippen LogP contribution in [0.3, 0.4) is 0 Å². The van der Waals surface area contributed by atoms with Gasteiger partial charge in [0.15, 0.2) is 5.82 Å². The number of aromatic nitrogens is 2. The predicted molar refractivity (Wildman–Crippen MR) is 89.1 cm³/mol. The number of hydrogen-bond acceptors (Lipinski definition) is 4. The molecular weight excluding hydrogens is 282 g/mol. The molecule has 112 valence electrons. The number of hydrogen-bond donors (Lipinski definition) is 1. The molecule has 0 radical (unpaired) electrons. The van der Waals surface area contributed by atoms with E-state index in [1.54, 1.807) is 28.7 Å². The normalized spacial score (nSPS) is 11.4. The Bertz CT molecular complexity index is 632. The van der Waals surface area contributed by atoms with Crippen molar-refractivity contribution in [2.45, 2.75) is 31.2 Å². The van der Waals surface area contributed by atoms with Gasteiger partial charge in [0.25, 0.3) is 5.56 Å². The van der Waals surface area contributed by atoms with Crippen LogP contribution in [-0.2, 0) is 5.54 Å². The third-order valence-electron chi connectivity index (χ3n) is 2.97. The topological polar surface area (TPSA) is 46.9 Å². The molecule has 21 heavy (non-hydrogen) atoms. The van der Waals surface area contributed by atoms with Gasteiger partial charge in [0.1, 0.15) is 0 Å². The van der Waals surface area contributed by atoms with E-state index in [-0.39, 0.29) is 11.1 Å². The third-order valence-corrected chi connectivity index (χ3v) is 3.98.